The number of ether oxygens (including phenoxy) is 3. The van der Waals surface area contributed by atoms with Crippen molar-refractivity contribution in [1.29, 1.82) is 0 Å². The molecule has 0 fully saturated rings. The predicted octanol–water partition coefficient (Wildman–Crippen LogP) is 4.02. The number of carbonyl (C=O) groups excluding carboxylic acids is 1. The van der Waals surface area contributed by atoms with Gasteiger partial charge in [0, 0.05) is 16.5 Å². The zero-order valence-electron chi connectivity index (χ0n) is 15.3. The van der Waals surface area contributed by atoms with E-state index in [-0.39, 0.29) is 12.3 Å². The topological polar surface area (TPSA) is 69.7 Å². The molecule has 140 valence electrons. The molecular weight excluding hydrogens is 364 g/mol. The average Bonchev–Trinajstić information content (AvgIpc) is 3.15. The number of aromatic nitrogens is 1. The maximum atomic E-state index is 12.5. The molecule has 0 saturated heterocycles. The number of anilines is 1. The number of amides is 1. The highest BCUT2D eigenvalue weighted by Gasteiger charge is 2.14. The van der Waals surface area contributed by atoms with E-state index >= 15 is 0 Å². The number of para-hydroxylation sites is 1. The van der Waals surface area contributed by atoms with Crippen LogP contribution < -0.4 is 19.5 Å². The van der Waals surface area contributed by atoms with Gasteiger partial charge in [0.1, 0.15) is 17.2 Å². The highest BCUT2D eigenvalue weighted by atomic mass is 32.1. The number of methoxy groups -OCH3 is 3. The summed E-state index contributed by atoms with van der Waals surface area (Å²) in [6, 6.07) is 13.0. The van der Waals surface area contributed by atoms with Crippen LogP contribution in [0.25, 0.3) is 11.3 Å². The average molecular weight is 384 g/mol. The highest BCUT2D eigenvalue weighted by Crippen LogP contribution is 2.32. The van der Waals surface area contributed by atoms with E-state index in [1.165, 1.54) is 11.3 Å². The van der Waals surface area contributed by atoms with Crippen LogP contribution >= 0.6 is 11.3 Å². The SMILES string of the molecule is COc1ccc(OC)c(CC(=O)Nc2nc(-c3ccccc3OC)cs2)c1. The van der Waals surface area contributed by atoms with Crippen molar-refractivity contribution < 1.29 is 19.0 Å². The van der Waals surface area contributed by atoms with Crippen LogP contribution in [0.5, 0.6) is 17.2 Å². The second kappa shape index (κ2) is 8.55. The molecule has 2 aromatic carbocycles. The van der Waals surface area contributed by atoms with Gasteiger partial charge in [-0.1, -0.05) is 12.1 Å². The monoisotopic (exact) mass is 384 g/mol. The Balaban J connectivity index is 1.73. The quantitative estimate of drug-likeness (QED) is 0.666. The molecule has 0 aliphatic heterocycles. The van der Waals surface area contributed by atoms with Crippen LogP contribution in [0.1, 0.15) is 5.56 Å². The van der Waals surface area contributed by atoms with Crippen molar-refractivity contribution in [1.82, 2.24) is 4.98 Å². The fourth-order valence-corrected chi connectivity index (χ4v) is 3.39. The van der Waals surface area contributed by atoms with E-state index in [1.54, 1.807) is 39.5 Å². The summed E-state index contributed by atoms with van der Waals surface area (Å²) >= 11 is 1.37. The van der Waals surface area contributed by atoms with Crippen molar-refractivity contribution in [3.05, 3.63) is 53.4 Å². The van der Waals surface area contributed by atoms with Gasteiger partial charge in [-0.25, -0.2) is 4.98 Å². The first-order chi connectivity index (χ1) is 13.1. The molecule has 6 nitrogen and oxygen atoms in total. The largest absolute Gasteiger partial charge is 0.497 e. The van der Waals surface area contributed by atoms with Crippen LogP contribution in [-0.2, 0) is 11.2 Å². The minimum absolute atomic E-state index is 0.157. The molecule has 1 heterocycles. The zero-order chi connectivity index (χ0) is 19.2. The molecule has 0 bridgehead atoms. The summed E-state index contributed by atoms with van der Waals surface area (Å²) < 4.78 is 15.9. The highest BCUT2D eigenvalue weighted by molar-refractivity contribution is 7.14. The number of nitrogens with one attached hydrogen (secondary N) is 1. The third kappa shape index (κ3) is 4.38. The molecule has 0 aliphatic rings. The summed E-state index contributed by atoms with van der Waals surface area (Å²) in [6.45, 7) is 0. The Bertz CT molecular complexity index is 939. The molecule has 3 aromatic rings. The van der Waals surface area contributed by atoms with E-state index in [9.17, 15) is 4.79 Å². The van der Waals surface area contributed by atoms with Crippen LogP contribution in [0.15, 0.2) is 47.8 Å². The molecule has 1 amide bonds. The van der Waals surface area contributed by atoms with Gasteiger partial charge < -0.3 is 19.5 Å². The first-order valence-corrected chi connectivity index (χ1v) is 9.12. The number of nitrogens with zero attached hydrogens (tertiary/aromatic N) is 1. The smallest absolute Gasteiger partial charge is 0.230 e. The minimum atomic E-state index is -0.178. The fraction of sp³-hybridized carbons (Fsp3) is 0.200. The van der Waals surface area contributed by atoms with Gasteiger partial charge in [0.25, 0.3) is 0 Å². The maximum Gasteiger partial charge on any atom is 0.230 e. The molecule has 0 aliphatic carbocycles. The standard InChI is InChI=1S/C20H20N2O4S/c1-24-14-8-9-17(25-2)13(10-14)11-19(23)22-20-21-16(12-27-20)15-6-4-5-7-18(15)26-3/h4-10,12H,11H2,1-3H3,(H,21,22,23). The van der Waals surface area contributed by atoms with Gasteiger partial charge in [0.15, 0.2) is 5.13 Å². The van der Waals surface area contributed by atoms with E-state index in [4.69, 9.17) is 14.2 Å². The number of benzene rings is 2. The second-order valence-electron chi connectivity index (χ2n) is 5.64. The minimum Gasteiger partial charge on any atom is -0.497 e. The summed E-state index contributed by atoms with van der Waals surface area (Å²) in [7, 11) is 4.78. The van der Waals surface area contributed by atoms with Crippen LogP contribution in [0.4, 0.5) is 5.13 Å². The lowest BCUT2D eigenvalue weighted by molar-refractivity contribution is -0.115. The number of hydrogen-bond acceptors (Lipinski definition) is 6. The summed E-state index contributed by atoms with van der Waals surface area (Å²) in [5.41, 5.74) is 2.38. The molecule has 0 unspecified atom stereocenters. The fourth-order valence-electron chi connectivity index (χ4n) is 2.67. The van der Waals surface area contributed by atoms with E-state index in [1.807, 2.05) is 29.6 Å². The number of thiazole rings is 1. The molecule has 0 atom stereocenters. The maximum absolute atomic E-state index is 12.5. The number of hydrogen-bond donors (Lipinski definition) is 1. The van der Waals surface area contributed by atoms with Crippen molar-refractivity contribution in [2.24, 2.45) is 0 Å². The van der Waals surface area contributed by atoms with Crippen molar-refractivity contribution >= 4 is 22.4 Å². The first kappa shape index (κ1) is 18.7. The second-order valence-corrected chi connectivity index (χ2v) is 6.50. The van der Waals surface area contributed by atoms with Gasteiger partial charge in [0.05, 0.1) is 33.4 Å². The Morgan fingerprint density at radius 1 is 1.04 bits per heavy atom. The molecule has 0 spiro atoms. The summed E-state index contributed by atoms with van der Waals surface area (Å²) in [4.78, 5) is 17.0. The van der Waals surface area contributed by atoms with Gasteiger partial charge in [0.2, 0.25) is 5.91 Å². The third-order valence-corrected chi connectivity index (χ3v) is 4.73. The van der Waals surface area contributed by atoms with Gasteiger partial charge in [-0.3, -0.25) is 4.79 Å². The van der Waals surface area contributed by atoms with Crippen molar-refractivity contribution in [2.45, 2.75) is 6.42 Å². The lowest BCUT2D eigenvalue weighted by Crippen LogP contribution is -2.14. The summed E-state index contributed by atoms with van der Waals surface area (Å²) in [6.07, 6.45) is 0.157. The molecule has 27 heavy (non-hydrogen) atoms. The first-order valence-electron chi connectivity index (χ1n) is 8.24. The van der Waals surface area contributed by atoms with Crippen molar-refractivity contribution in [3.63, 3.8) is 0 Å². The van der Waals surface area contributed by atoms with Crippen LogP contribution in [0.2, 0.25) is 0 Å². The Labute approximate surface area is 161 Å². The molecule has 3 rings (SSSR count). The predicted molar refractivity (Wildman–Crippen MR) is 106 cm³/mol. The van der Waals surface area contributed by atoms with E-state index < -0.39 is 0 Å². The Morgan fingerprint density at radius 2 is 1.81 bits per heavy atom. The molecule has 0 radical (unpaired) electrons. The van der Waals surface area contributed by atoms with Crippen LogP contribution in [-0.4, -0.2) is 32.2 Å². The van der Waals surface area contributed by atoms with Gasteiger partial charge >= 0.3 is 0 Å². The molecule has 1 N–H and O–H groups in total. The lowest BCUT2D eigenvalue weighted by Gasteiger charge is -2.10. The van der Waals surface area contributed by atoms with Crippen LogP contribution in [0, 0.1) is 0 Å². The van der Waals surface area contributed by atoms with Crippen LogP contribution in [0.3, 0.4) is 0 Å². The van der Waals surface area contributed by atoms with Gasteiger partial charge in [-0.05, 0) is 30.3 Å². The van der Waals surface area contributed by atoms with Gasteiger partial charge in [-0.15, -0.1) is 11.3 Å². The summed E-state index contributed by atoms with van der Waals surface area (Å²) in [5.74, 6) is 1.87. The zero-order valence-corrected chi connectivity index (χ0v) is 16.1. The number of rotatable bonds is 7. The molecule has 0 saturated carbocycles. The third-order valence-electron chi connectivity index (χ3n) is 3.97. The molecular formula is C20H20N2O4S. The van der Waals surface area contributed by atoms with Crippen molar-refractivity contribution in [3.8, 4) is 28.5 Å². The lowest BCUT2D eigenvalue weighted by atomic mass is 10.1. The summed E-state index contributed by atoms with van der Waals surface area (Å²) in [5, 5.41) is 5.26. The molecule has 7 heteroatoms. The van der Waals surface area contributed by atoms with E-state index in [0.717, 1.165) is 22.6 Å². The Morgan fingerprint density at radius 3 is 2.56 bits per heavy atom. The van der Waals surface area contributed by atoms with Gasteiger partial charge in [-0.2, -0.15) is 0 Å². The number of carbonyl (C=O) groups is 1. The van der Waals surface area contributed by atoms with E-state index in [0.29, 0.717) is 16.6 Å². The van der Waals surface area contributed by atoms with Crippen molar-refractivity contribution in [2.75, 3.05) is 26.6 Å². The molecule has 1 aromatic heterocycles. The Hall–Kier alpha value is -3.06. The Kier molecular flexibility index (Phi) is 5.93. The normalized spacial score (nSPS) is 10.3. The van der Waals surface area contributed by atoms with E-state index in [2.05, 4.69) is 10.3 Å².